The maximum atomic E-state index is 12.4. The lowest BCUT2D eigenvalue weighted by Crippen LogP contribution is -2.52. The molecule has 3 heterocycles. The van der Waals surface area contributed by atoms with Gasteiger partial charge in [-0.2, -0.15) is 0 Å². The molecule has 1 aliphatic heterocycles. The zero-order valence-corrected chi connectivity index (χ0v) is 15.9. The van der Waals surface area contributed by atoms with E-state index in [2.05, 4.69) is 29.0 Å². The fourth-order valence-corrected chi connectivity index (χ4v) is 4.36. The lowest BCUT2D eigenvalue weighted by Gasteiger charge is -2.38. The molecule has 0 unspecified atom stereocenters. The first-order chi connectivity index (χ1) is 12.2. The lowest BCUT2D eigenvalue weighted by atomic mass is 9.92. The monoisotopic (exact) mass is 364 g/mol. The molecule has 0 saturated carbocycles. The number of imidazole rings is 1. The predicted octanol–water partition coefficient (Wildman–Crippen LogP) is 2.19. The molecule has 0 bridgehead atoms. The van der Waals surface area contributed by atoms with Crippen LogP contribution >= 0.6 is 11.3 Å². The Hall–Kier alpha value is -1.44. The Balaban J connectivity index is 1.57. The van der Waals surface area contributed by atoms with Gasteiger partial charge in [-0.15, -0.1) is 11.3 Å². The van der Waals surface area contributed by atoms with Crippen molar-refractivity contribution in [2.75, 3.05) is 32.8 Å². The van der Waals surface area contributed by atoms with Gasteiger partial charge in [-0.25, -0.2) is 4.98 Å². The third-order valence-electron chi connectivity index (χ3n) is 5.10. The summed E-state index contributed by atoms with van der Waals surface area (Å²) < 4.78 is 7.45. The smallest absolute Gasteiger partial charge is 0.226 e. The van der Waals surface area contributed by atoms with E-state index >= 15 is 0 Å². The van der Waals surface area contributed by atoms with Gasteiger partial charge < -0.3 is 10.1 Å². The van der Waals surface area contributed by atoms with Crippen LogP contribution in [0.25, 0.3) is 4.96 Å². The lowest BCUT2D eigenvalue weighted by molar-refractivity contribution is -0.121. The van der Waals surface area contributed by atoms with E-state index < -0.39 is 0 Å². The number of hydrogen-bond donors (Lipinski definition) is 1. The van der Waals surface area contributed by atoms with Crippen LogP contribution in [-0.4, -0.2) is 59.1 Å². The molecule has 1 amide bonds. The highest BCUT2D eigenvalue weighted by atomic mass is 32.1. The number of thiazole rings is 1. The largest absolute Gasteiger partial charge is 0.379 e. The summed E-state index contributed by atoms with van der Waals surface area (Å²) in [5, 5.41) is 5.14. The van der Waals surface area contributed by atoms with Crippen LogP contribution in [0.2, 0.25) is 0 Å². The second-order valence-corrected chi connectivity index (χ2v) is 7.47. The van der Waals surface area contributed by atoms with E-state index in [-0.39, 0.29) is 5.91 Å². The molecule has 0 radical (unpaired) electrons. The third-order valence-corrected chi connectivity index (χ3v) is 5.87. The van der Waals surface area contributed by atoms with Gasteiger partial charge in [0.05, 0.1) is 25.3 Å². The molecule has 1 aliphatic rings. The van der Waals surface area contributed by atoms with Gasteiger partial charge in [0.15, 0.2) is 4.96 Å². The molecular formula is C18H28N4O2S. The number of nitrogens with one attached hydrogen (secondary N) is 1. The number of ether oxygens (including phenoxy) is 1. The summed E-state index contributed by atoms with van der Waals surface area (Å²) in [6.07, 6.45) is 6.51. The summed E-state index contributed by atoms with van der Waals surface area (Å²) in [5.74, 6) is 0.645. The van der Waals surface area contributed by atoms with E-state index in [0.29, 0.717) is 24.9 Å². The van der Waals surface area contributed by atoms with Crippen LogP contribution in [0.3, 0.4) is 0 Å². The Kier molecular flexibility index (Phi) is 6.45. The van der Waals surface area contributed by atoms with Gasteiger partial charge in [-0.1, -0.05) is 26.7 Å². The zero-order chi connectivity index (χ0) is 17.6. The number of aromatic nitrogens is 2. The van der Waals surface area contributed by atoms with Crippen molar-refractivity contribution in [1.82, 2.24) is 19.6 Å². The molecule has 138 valence electrons. The second kappa shape index (κ2) is 8.78. The zero-order valence-electron chi connectivity index (χ0n) is 15.1. The first kappa shape index (κ1) is 18.4. The van der Waals surface area contributed by atoms with Crippen LogP contribution in [0.15, 0.2) is 17.8 Å². The molecule has 1 atom stereocenters. The van der Waals surface area contributed by atoms with Crippen molar-refractivity contribution in [2.45, 2.75) is 39.2 Å². The minimum absolute atomic E-state index is 0.0509. The second-order valence-electron chi connectivity index (χ2n) is 6.60. The fourth-order valence-electron chi connectivity index (χ4n) is 3.64. The van der Waals surface area contributed by atoms with E-state index in [1.54, 1.807) is 11.3 Å². The van der Waals surface area contributed by atoms with Gasteiger partial charge in [-0.3, -0.25) is 14.1 Å². The first-order valence-corrected chi connectivity index (χ1v) is 10.1. The van der Waals surface area contributed by atoms with E-state index in [0.717, 1.165) is 49.8 Å². The summed E-state index contributed by atoms with van der Waals surface area (Å²) in [7, 11) is 0. The van der Waals surface area contributed by atoms with Gasteiger partial charge in [0.2, 0.25) is 5.91 Å². The quantitative estimate of drug-likeness (QED) is 0.780. The number of carbonyl (C=O) groups excluding carboxylic acids is 1. The Labute approximate surface area is 153 Å². The number of nitrogens with zero attached hydrogens (tertiary/aromatic N) is 3. The van der Waals surface area contributed by atoms with Crippen LogP contribution in [0.4, 0.5) is 0 Å². The van der Waals surface area contributed by atoms with Gasteiger partial charge in [0.1, 0.15) is 0 Å². The molecule has 2 aromatic heterocycles. The van der Waals surface area contributed by atoms with Crippen LogP contribution in [0, 0.1) is 5.92 Å². The normalized spacial score (nSPS) is 17.2. The minimum atomic E-state index is 0.0509. The number of morpholine rings is 1. The Morgan fingerprint density at radius 1 is 1.36 bits per heavy atom. The topological polar surface area (TPSA) is 58.9 Å². The van der Waals surface area contributed by atoms with E-state index in [1.807, 2.05) is 22.2 Å². The van der Waals surface area contributed by atoms with Crippen molar-refractivity contribution < 1.29 is 9.53 Å². The molecule has 7 heteroatoms. The molecule has 0 aromatic carbocycles. The average molecular weight is 365 g/mol. The number of rotatable bonds is 8. The van der Waals surface area contributed by atoms with Crippen LogP contribution in [0.5, 0.6) is 0 Å². The minimum Gasteiger partial charge on any atom is -0.379 e. The van der Waals surface area contributed by atoms with E-state index in [4.69, 9.17) is 4.74 Å². The highest BCUT2D eigenvalue weighted by Gasteiger charge is 2.27. The highest BCUT2D eigenvalue weighted by Crippen LogP contribution is 2.19. The number of amides is 1. The third kappa shape index (κ3) is 4.59. The van der Waals surface area contributed by atoms with Gasteiger partial charge in [-0.05, 0) is 5.92 Å². The molecule has 3 rings (SSSR count). The standard InChI is InChI=1S/C18H28N4O2S/c1-3-14(4-2)16(21-5-8-24-9-6-21)12-19-17(23)11-15-13-22-7-10-25-18(22)20-15/h7,10,13-14,16H,3-6,8-9,11-12H2,1-2H3,(H,19,23)/t16-/m1/s1. The van der Waals surface area contributed by atoms with E-state index in [9.17, 15) is 4.79 Å². The number of carbonyl (C=O) groups is 1. The summed E-state index contributed by atoms with van der Waals surface area (Å²) in [5.41, 5.74) is 0.829. The molecule has 1 fully saturated rings. The van der Waals surface area contributed by atoms with Crippen molar-refractivity contribution >= 4 is 22.2 Å². The maximum absolute atomic E-state index is 12.4. The molecule has 25 heavy (non-hydrogen) atoms. The Morgan fingerprint density at radius 2 is 2.12 bits per heavy atom. The SMILES string of the molecule is CCC(CC)[C@@H](CNC(=O)Cc1cn2ccsc2n1)N1CCOCC1. The average Bonchev–Trinajstić information content (AvgIpc) is 3.21. The summed E-state index contributed by atoms with van der Waals surface area (Å²) in [6.45, 7) is 8.66. The van der Waals surface area contributed by atoms with Crippen molar-refractivity contribution in [3.8, 4) is 0 Å². The molecular weight excluding hydrogens is 336 g/mol. The molecule has 6 nitrogen and oxygen atoms in total. The molecule has 1 saturated heterocycles. The van der Waals surface area contributed by atoms with Crippen LogP contribution < -0.4 is 5.32 Å². The Bertz CT molecular complexity index is 645. The first-order valence-electron chi connectivity index (χ1n) is 9.20. The summed E-state index contributed by atoms with van der Waals surface area (Å²) in [4.78, 5) is 20.3. The Morgan fingerprint density at radius 3 is 2.80 bits per heavy atom. The molecule has 0 spiro atoms. The van der Waals surface area contributed by atoms with Crippen molar-refractivity contribution in [3.05, 3.63) is 23.5 Å². The molecule has 2 aromatic rings. The van der Waals surface area contributed by atoms with Crippen molar-refractivity contribution in [2.24, 2.45) is 5.92 Å². The van der Waals surface area contributed by atoms with Crippen LogP contribution in [-0.2, 0) is 16.0 Å². The summed E-state index contributed by atoms with van der Waals surface area (Å²) >= 11 is 1.58. The fraction of sp³-hybridized carbons (Fsp3) is 0.667. The van der Waals surface area contributed by atoms with Gasteiger partial charge in [0, 0.05) is 43.4 Å². The van der Waals surface area contributed by atoms with Crippen molar-refractivity contribution in [1.29, 1.82) is 0 Å². The molecule has 1 N–H and O–H groups in total. The summed E-state index contributed by atoms with van der Waals surface area (Å²) in [6, 6.07) is 0.383. The van der Waals surface area contributed by atoms with Gasteiger partial charge >= 0.3 is 0 Å². The van der Waals surface area contributed by atoms with Gasteiger partial charge in [0.25, 0.3) is 0 Å². The maximum Gasteiger partial charge on any atom is 0.226 e. The number of hydrogen-bond acceptors (Lipinski definition) is 5. The van der Waals surface area contributed by atoms with Crippen LogP contribution in [0.1, 0.15) is 32.4 Å². The number of fused-ring (bicyclic) bond motifs is 1. The molecule has 0 aliphatic carbocycles. The van der Waals surface area contributed by atoms with Crippen molar-refractivity contribution in [3.63, 3.8) is 0 Å². The predicted molar refractivity (Wildman–Crippen MR) is 100 cm³/mol. The van der Waals surface area contributed by atoms with E-state index in [1.165, 1.54) is 0 Å². The highest BCUT2D eigenvalue weighted by molar-refractivity contribution is 7.15.